The molecule has 1 aromatic carbocycles. The van der Waals surface area contributed by atoms with E-state index in [-0.39, 0.29) is 12.0 Å². The molecule has 3 heteroatoms. The molecule has 0 saturated carbocycles. The molecule has 0 aliphatic heterocycles. The van der Waals surface area contributed by atoms with Crippen LogP contribution in [-0.4, -0.2) is 11.6 Å². The van der Waals surface area contributed by atoms with Gasteiger partial charge in [-0.2, -0.15) is 0 Å². The summed E-state index contributed by atoms with van der Waals surface area (Å²) >= 11 is 0. The Kier molecular flexibility index (Phi) is 4.53. The van der Waals surface area contributed by atoms with Gasteiger partial charge in [-0.1, -0.05) is 37.3 Å². The standard InChI is InChI=1S/C16H20N2O/c1-3-19-15-9-14(10-18-11-15)16(17)12(2)13-7-5-4-6-8-13/h4-12,16H,3,17H2,1-2H3. The highest BCUT2D eigenvalue weighted by Gasteiger charge is 2.17. The van der Waals surface area contributed by atoms with Crippen molar-refractivity contribution in [2.45, 2.75) is 25.8 Å². The first-order valence-corrected chi connectivity index (χ1v) is 6.60. The van der Waals surface area contributed by atoms with Gasteiger partial charge in [0.25, 0.3) is 0 Å². The first kappa shape index (κ1) is 13.6. The van der Waals surface area contributed by atoms with Crippen LogP contribution in [0.25, 0.3) is 0 Å². The van der Waals surface area contributed by atoms with E-state index in [2.05, 4.69) is 24.0 Å². The molecule has 2 unspecified atom stereocenters. The van der Waals surface area contributed by atoms with E-state index < -0.39 is 0 Å². The molecule has 3 nitrogen and oxygen atoms in total. The summed E-state index contributed by atoms with van der Waals surface area (Å²) in [6, 6.07) is 12.2. The molecule has 1 heterocycles. The number of benzene rings is 1. The maximum Gasteiger partial charge on any atom is 0.137 e. The topological polar surface area (TPSA) is 48.1 Å². The van der Waals surface area contributed by atoms with Crippen LogP contribution >= 0.6 is 0 Å². The second kappa shape index (κ2) is 6.34. The van der Waals surface area contributed by atoms with Gasteiger partial charge in [-0.05, 0) is 24.1 Å². The van der Waals surface area contributed by atoms with Crippen LogP contribution in [0.5, 0.6) is 5.75 Å². The van der Waals surface area contributed by atoms with E-state index in [0.717, 1.165) is 11.3 Å². The average molecular weight is 256 g/mol. The van der Waals surface area contributed by atoms with Crippen molar-refractivity contribution in [3.05, 3.63) is 59.9 Å². The summed E-state index contributed by atoms with van der Waals surface area (Å²) in [6.45, 7) is 4.72. The Hall–Kier alpha value is -1.87. The molecule has 0 bridgehead atoms. The molecule has 100 valence electrons. The van der Waals surface area contributed by atoms with E-state index in [1.807, 2.05) is 37.4 Å². The summed E-state index contributed by atoms with van der Waals surface area (Å²) in [5.41, 5.74) is 8.58. The van der Waals surface area contributed by atoms with Gasteiger partial charge in [-0.25, -0.2) is 0 Å². The predicted octanol–water partition coefficient (Wildman–Crippen LogP) is 3.28. The van der Waals surface area contributed by atoms with E-state index in [0.29, 0.717) is 6.61 Å². The Balaban J connectivity index is 2.19. The van der Waals surface area contributed by atoms with Gasteiger partial charge in [0.15, 0.2) is 0 Å². The lowest BCUT2D eigenvalue weighted by atomic mass is 9.90. The lowest BCUT2D eigenvalue weighted by Gasteiger charge is -2.21. The lowest BCUT2D eigenvalue weighted by molar-refractivity contribution is 0.338. The van der Waals surface area contributed by atoms with Crippen LogP contribution in [0, 0.1) is 0 Å². The summed E-state index contributed by atoms with van der Waals surface area (Å²) in [4.78, 5) is 4.20. The third-order valence-corrected chi connectivity index (χ3v) is 3.29. The number of ether oxygens (including phenoxy) is 1. The predicted molar refractivity (Wildman–Crippen MR) is 77.2 cm³/mol. The number of nitrogens with two attached hydrogens (primary N) is 1. The third-order valence-electron chi connectivity index (χ3n) is 3.29. The van der Waals surface area contributed by atoms with Gasteiger partial charge in [0.1, 0.15) is 5.75 Å². The minimum Gasteiger partial charge on any atom is -0.492 e. The van der Waals surface area contributed by atoms with Gasteiger partial charge in [0.05, 0.1) is 12.8 Å². The molecule has 0 amide bonds. The van der Waals surface area contributed by atoms with Crippen LogP contribution in [0.4, 0.5) is 0 Å². The second-order valence-corrected chi connectivity index (χ2v) is 4.61. The van der Waals surface area contributed by atoms with Crippen molar-refractivity contribution in [2.75, 3.05) is 6.61 Å². The van der Waals surface area contributed by atoms with Crippen molar-refractivity contribution in [2.24, 2.45) is 5.73 Å². The molecule has 0 saturated heterocycles. The Morgan fingerprint density at radius 1 is 1.16 bits per heavy atom. The summed E-state index contributed by atoms with van der Waals surface area (Å²) in [6.07, 6.45) is 3.53. The van der Waals surface area contributed by atoms with Crippen LogP contribution in [0.3, 0.4) is 0 Å². The Morgan fingerprint density at radius 3 is 2.58 bits per heavy atom. The Morgan fingerprint density at radius 2 is 1.89 bits per heavy atom. The number of nitrogens with zero attached hydrogens (tertiary/aromatic N) is 1. The Labute approximate surface area is 114 Å². The molecule has 0 fully saturated rings. The van der Waals surface area contributed by atoms with Crippen LogP contribution in [0.2, 0.25) is 0 Å². The maximum atomic E-state index is 6.34. The zero-order valence-electron chi connectivity index (χ0n) is 11.4. The number of aromatic nitrogens is 1. The van der Waals surface area contributed by atoms with Crippen LogP contribution in [-0.2, 0) is 0 Å². The van der Waals surface area contributed by atoms with Gasteiger partial charge in [-0.3, -0.25) is 4.98 Å². The molecule has 0 radical (unpaired) electrons. The SMILES string of the molecule is CCOc1cncc(C(N)C(C)c2ccccc2)c1. The highest BCUT2D eigenvalue weighted by atomic mass is 16.5. The number of hydrogen-bond acceptors (Lipinski definition) is 3. The van der Waals surface area contributed by atoms with Crippen molar-refractivity contribution >= 4 is 0 Å². The molecular formula is C16H20N2O. The molecule has 0 aliphatic rings. The fourth-order valence-corrected chi connectivity index (χ4v) is 2.12. The van der Waals surface area contributed by atoms with Crippen molar-refractivity contribution in [1.29, 1.82) is 0 Å². The smallest absolute Gasteiger partial charge is 0.137 e. The fourth-order valence-electron chi connectivity index (χ4n) is 2.12. The van der Waals surface area contributed by atoms with Crippen molar-refractivity contribution in [1.82, 2.24) is 4.98 Å². The number of rotatable bonds is 5. The minimum absolute atomic E-state index is 0.0877. The highest BCUT2D eigenvalue weighted by Crippen LogP contribution is 2.29. The molecule has 2 atom stereocenters. The monoisotopic (exact) mass is 256 g/mol. The van der Waals surface area contributed by atoms with Crippen LogP contribution < -0.4 is 10.5 Å². The van der Waals surface area contributed by atoms with Crippen LogP contribution in [0.1, 0.15) is 36.9 Å². The van der Waals surface area contributed by atoms with Gasteiger partial charge < -0.3 is 10.5 Å². The quantitative estimate of drug-likeness (QED) is 0.893. The highest BCUT2D eigenvalue weighted by molar-refractivity contribution is 5.30. The molecule has 2 N–H and O–H groups in total. The maximum absolute atomic E-state index is 6.34. The molecule has 2 aromatic rings. The minimum atomic E-state index is -0.0877. The van der Waals surface area contributed by atoms with Crippen LogP contribution in [0.15, 0.2) is 48.8 Å². The van der Waals surface area contributed by atoms with E-state index >= 15 is 0 Å². The first-order chi connectivity index (χ1) is 9.22. The van der Waals surface area contributed by atoms with E-state index in [9.17, 15) is 0 Å². The molecule has 1 aromatic heterocycles. The first-order valence-electron chi connectivity index (χ1n) is 6.60. The summed E-state index contributed by atoms with van der Waals surface area (Å²) in [5.74, 6) is 1.01. The number of pyridine rings is 1. The van der Waals surface area contributed by atoms with Crippen molar-refractivity contribution in [3.8, 4) is 5.75 Å². The van der Waals surface area contributed by atoms with E-state index in [1.165, 1.54) is 5.56 Å². The second-order valence-electron chi connectivity index (χ2n) is 4.61. The largest absolute Gasteiger partial charge is 0.492 e. The normalized spacial score (nSPS) is 13.8. The van der Waals surface area contributed by atoms with Gasteiger partial charge in [0, 0.05) is 18.2 Å². The zero-order valence-corrected chi connectivity index (χ0v) is 11.4. The zero-order chi connectivity index (χ0) is 13.7. The van der Waals surface area contributed by atoms with Gasteiger partial charge in [-0.15, -0.1) is 0 Å². The molecule has 0 spiro atoms. The molecule has 19 heavy (non-hydrogen) atoms. The molecule has 0 aliphatic carbocycles. The van der Waals surface area contributed by atoms with E-state index in [4.69, 9.17) is 10.5 Å². The third kappa shape index (κ3) is 3.32. The summed E-state index contributed by atoms with van der Waals surface area (Å²) in [5, 5.41) is 0. The molecule has 2 rings (SSSR count). The van der Waals surface area contributed by atoms with E-state index in [1.54, 1.807) is 6.20 Å². The van der Waals surface area contributed by atoms with Gasteiger partial charge >= 0.3 is 0 Å². The van der Waals surface area contributed by atoms with Gasteiger partial charge in [0.2, 0.25) is 0 Å². The van der Waals surface area contributed by atoms with Crippen molar-refractivity contribution < 1.29 is 4.74 Å². The summed E-state index contributed by atoms with van der Waals surface area (Å²) < 4.78 is 5.46. The number of hydrogen-bond donors (Lipinski definition) is 1. The van der Waals surface area contributed by atoms with Crippen molar-refractivity contribution in [3.63, 3.8) is 0 Å². The average Bonchev–Trinajstić information content (AvgIpc) is 2.47. The Bertz CT molecular complexity index is 513. The fraction of sp³-hybridized carbons (Fsp3) is 0.312. The molecular weight excluding hydrogens is 236 g/mol. The lowest BCUT2D eigenvalue weighted by Crippen LogP contribution is -2.18. The summed E-state index contributed by atoms with van der Waals surface area (Å²) in [7, 11) is 0.